The van der Waals surface area contributed by atoms with Crippen molar-refractivity contribution in [1.29, 1.82) is 0 Å². The molecule has 0 unspecified atom stereocenters. The normalized spacial score (nSPS) is 19.9. The van der Waals surface area contributed by atoms with Crippen molar-refractivity contribution in [1.82, 2.24) is 4.90 Å². The molecule has 23 heavy (non-hydrogen) atoms. The van der Waals surface area contributed by atoms with Gasteiger partial charge in [0.25, 0.3) is 0 Å². The highest BCUT2D eigenvalue weighted by Gasteiger charge is 2.31. The topological polar surface area (TPSA) is 29.5 Å². The number of carbonyl (C=O) groups is 1. The Bertz CT molecular complexity index is 511. The summed E-state index contributed by atoms with van der Waals surface area (Å²) in [7, 11) is 1.93. The minimum atomic E-state index is 0.0590. The molecular weight excluding hydrogens is 310 g/mol. The summed E-state index contributed by atoms with van der Waals surface area (Å²) < 4.78 is 5.41. The van der Waals surface area contributed by atoms with E-state index in [0.29, 0.717) is 5.92 Å². The third kappa shape index (κ3) is 4.48. The molecule has 1 aromatic rings. The van der Waals surface area contributed by atoms with E-state index >= 15 is 0 Å². The van der Waals surface area contributed by atoms with E-state index in [0.717, 1.165) is 31.1 Å². The van der Waals surface area contributed by atoms with Crippen LogP contribution in [0.2, 0.25) is 5.02 Å². The van der Waals surface area contributed by atoms with Crippen LogP contribution in [0.25, 0.3) is 0 Å². The SMILES string of the molecule is C[C@H](C(=O)N(C)[C@@H](C)[C@H](C)c1ccc(Cl)cc1)C1CCOCC1. The van der Waals surface area contributed by atoms with Crippen LogP contribution in [0.4, 0.5) is 0 Å². The lowest BCUT2D eigenvalue weighted by atomic mass is 9.85. The van der Waals surface area contributed by atoms with E-state index in [1.807, 2.05) is 36.2 Å². The molecule has 1 aromatic carbocycles. The summed E-state index contributed by atoms with van der Waals surface area (Å²) in [6.45, 7) is 7.91. The Morgan fingerprint density at radius 1 is 1.17 bits per heavy atom. The second kappa shape index (κ2) is 8.16. The van der Waals surface area contributed by atoms with Crippen molar-refractivity contribution in [3.05, 3.63) is 34.9 Å². The zero-order valence-corrected chi connectivity index (χ0v) is 15.3. The fourth-order valence-electron chi connectivity index (χ4n) is 3.32. The average molecular weight is 338 g/mol. The van der Waals surface area contributed by atoms with Gasteiger partial charge in [-0.2, -0.15) is 0 Å². The number of likely N-dealkylation sites (N-methyl/N-ethyl adjacent to an activating group) is 1. The predicted molar refractivity (Wildman–Crippen MR) is 94.8 cm³/mol. The molecule has 0 saturated carbocycles. The van der Waals surface area contributed by atoms with Gasteiger partial charge in [-0.25, -0.2) is 0 Å². The first kappa shape index (κ1) is 18.3. The maximum atomic E-state index is 12.8. The first-order chi connectivity index (χ1) is 10.9. The molecule has 1 heterocycles. The molecule has 0 spiro atoms. The first-order valence-electron chi connectivity index (χ1n) is 8.51. The number of rotatable bonds is 5. The summed E-state index contributed by atoms with van der Waals surface area (Å²) in [6, 6.07) is 8.05. The lowest BCUT2D eigenvalue weighted by Crippen LogP contribution is -2.43. The Labute approximate surface area is 145 Å². The van der Waals surface area contributed by atoms with E-state index in [9.17, 15) is 4.79 Å². The van der Waals surface area contributed by atoms with Crippen molar-refractivity contribution in [2.45, 2.75) is 45.6 Å². The maximum Gasteiger partial charge on any atom is 0.225 e. The largest absolute Gasteiger partial charge is 0.381 e. The Morgan fingerprint density at radius 3 is 2.30 bits per heavy atom. The lowest BCUT2D eigenvalue weighted by molar-refractivity contribution is -0.138. The van der Waals surface area contributed by atoms with Crippen LogP contribution in [0.5, 0.6) is 0 Å². The smallest absolute Gasteiger partial charge is 0.225 e. The van der Waals surface area contributed by atoms with Gasteiger partial charge in [-0.3, -0.25) is 4.79 Å². The van der Waals surface area contributed by atoms with E-state index in [2.05, 4.69) is 20.8 Å². The number of carbonyl (C=O) groups excluding carboxylic acids is 1. The first-order valence-corrected chi connectivity index (χ1v) is 8.89. The van der Waals surface area contributed by atoms with Gasteiger partial charge in [-0.1, -0.05) is 37.6 Å². The van der Waals surface area contributed by atoms with Gasteiger partial charge in [0.1, 0.15) is 0 Å². The summed E-state index contributed by atoms with van der Waals surface area (Å²) in [4.78, 5) is 14.8. The monoisotopic (exact) mass is 337 g/mol. The van der Waals surface area contributed by atoms with Crippen LogP contribution in [0, 0.1) is 11.8 Å². The van der Waals surface area contributed by atoms with Gasteiger partial charge >= 0.3 is 0 Å². The Morgan fingerprint density at radius 2 is 1.74 bits per heavy atom. The highest BCUT2D eigenvalue weighted by atomic mass is 35.5. The summed E-state index contributed by atoms with van der Waals surface area (Å²) in [6.07, 6.45) is 1.98. The fourth-order valence-corrected chi connectivity index (χ4v) is 3.45. The molecule has 0 N–H and O–H groups in total. The quantitative estimate of drug-likeness (QED) is 0.799. The summed E-state index contributed by atoms with van der Waals surface area (Å²) in [5, 5.41) is 0.742. The zero-order valence-electron chi connectivity index (χ0n) is 14.6. The molecule has 1 amide bonds. The molecule has 1 aliphatic heterocycles. The number of amides is 1. The van der Waals surface area contributed by atoms with Crippen LogP contribution in [-0.2, 0) is 9.53 Å². The van der Waals surface area contributed by atoms with Gasteiger partial charge in [0.2, 0.25) is 5.91 Å². The lowest BCUT2D eigenvalue weighted by Gasteiger charge is -2.35. The number of hydrogen-bond donors (Lipinski definition) is 0. The summed E-state index contributed by atoms with van der Waals surface area (Å²) in [5.41, 5.74) is 1.21. The third-order valence-electron chi connectivity index (χ3n) is 5.44. The molecule has 2 rings (SSSR count). The van der Waals surface area contributed by atoms with Crippen LogP contribution < -0.4 is 0 Å². The van der Waals surface area contributed by atoms with Crippen molar-refractivity contribution in [2.24, 2.45) is 11.8 Å². The highest BCUT2D eigenvalue weighted by molar-refractivity contribution is 6.30. The zero-order chi connectivity index (χ0) is 17.0. The number of halogens is 1. The van der Waals surface area contributed by atoms with Gasteiger partial charge in [0.05, 0.1) is 0 Å². The number of benzene rings is 1. The molecule has 3 atom stereocenters. The summed E-state index contributed by atoms with van der Waals surface area (Å²) >= 11 is 5.96. The minimum absolute atomic E-state index is 0.0590. The molecule has 1 saturated heterocycles. The van der Waals surface area contributed by atoms with Crippen molar-refractivity contribution >= 4 is 17.5 Å². The van der Waals surface area contributed by atoms with Gasteiger partial charge in [0, 0.05) is 43.2 Å². The molecule has 0 aromatic heterocycles. The molecule has 0 bridgehead atoms. The molecular formula is C19H28ClNO2. The van der Waals surface area contributed by atoms with Crippen molar-refractivity contribution in [3.8, 4) is 0 Å². The molecule has 3 nitrogen and oxygen atoms in total. The Hall–Kier alpha value is -1.06. The van der Waals surface area contributed by atoms with Crippen LogP contribution in [0.3, 0.4) is 0 Å². The highest BCUT2D eigenvalue weighted by Crippen LogP contribution is 2.28. The number of hydrogen-bond acceptors (Lipinski definition) is 2. The van der Waals surface area contributed by atoms with Crippen LogP contribution in [0.15, 0.2) is 24.3 Å². The average Bonchev–Trinajstić information content (AvgIpc) is 2.60. The van der Waals surface area contributed by atoms with Gasteiger partial charge in [-0.05, 0) is 43.4 Å². The second-order valence-electron chi connectivity index (χ2n) is 6.77. The Balaban J connectivity index is 2.00. The molecule has 1 fully saturated rings. The molecule has 4 heteroatoms. The van der Waals surface area contributed by atoms with Gasteiger partial charge in [0.15, 0.2) is 0 Å². The molecule has 0 radical (unpaired) electrons. The van der Waals surface area contributed by atoms with E-state index in [1.165, 1.54) is 5.56 Å². The van der Waals surface area contributed by atoms with Crippen molar-refractivity contribution in [3.63, 3.8) is 0 Å². The molecule has 0 aliphatic carbocycles. The minimum Gasteiger partial charge on any atom is -0.381 e. The van der Waals surface area contributed by atoms with Crippen molar-refractivity contribution in [2.75, 3.05) is 20.3 Å². The molecule has 1 aliphatic rings. The fraction of sp³-hybridized carbons (Fsp3) is 0.632. The van der Waals surface area contributed by atoms with E-state index in [1.54, 1.807) is 0 Å². The van der Waals surface area contributed by atoms with Gasteiger partial charge in [-0.15, -0.1) is 0 Å². The summed E-state index contributed by atoms with van der Waals surface area (Å²) in [5.74, 6) is 1.01. The van der Waals surface area contributed by atoms with E-state index in [4.69, 9.17) is 16.3 Å². The van der Waals surface area contributed by atoms with E-state index in [-0.39, 0.29) is 23.8 Å². The van der Waals surface area contributed by atoms with Crippen LogP contribution in [0.1, 0.15) is 45.1 Å². The molecule has 128 valence electrons. The number of nitrogens with zero attached hydrogens (tertiary/aromatic N) is 1. The standard InChI is InChI=1S/C19H28ClNO2/c1-13(16-5-7-18(20)8-6-16)15(3)21(4)19(22)14(2)17-9-11-23-12-10-17/h5-8,13-15,17H,9-12H2,1-4H3/t13-,14-,15-/m0/s1. The van der Waals surface area contributed by atoms with Gasteiger partial charge < -0.3 is 9.64 Å². The maximum absolute atomic E-state index is 12.8. The van der Waals surface area contributed by atoms with E-state index < -0.39 is 0 Å². The number of ether oxygens (including phenoxy) is 1. The van der Waals surface area contributed by atoms with Crippen LogP contribution >= 0.6 is 11.6 Å². The third-order valence-corrected chi connectivity index (χ3v) is 5.69. The second-order valence-corrected chi connectivity index (χ2v) is 7.20. The predicted octanol–water partition coefficient (Wildman–Crippen LogP) is 4.35. The van der Waals surface area contributed by atoms with Crippen molar-refractivity contribution < 1.29 is 9.53 Å². The Kier molecular flexibility index (Phi) is 6.49. The van der Waals surface area contributed by atoms with Crippen LogP contribution in [-0.4, -0.2) is 37.1 Å².